The molecule has 1 N–H and O–H groups in total. The van der Waals surface area contributed by atoms with E-state index in [1.54, 1.807) is 18.2 Å². The molecule has 2 aromatic rings. The van der Waals surface area contributed by atoms with E-state index in [0.29, 0.717) is 27.8 Å². The number of carbonyl (C=O) groups is 1. The van der Waals surface area contributed by atoms with Crippen molar-refractivity contribution in [1.29, 1.82) is 0 Å². The standard InChI is InChI=1S/C18H17Cl2F2NO4/c1-25-15-4-2-11(8-16(15)27-18(21)22)6-7-23-17(24)10-26-14-5-3-12(19)9-13(14)20/h2-5,8-9,18H,6-7,10H2,1H3,(H,23,24). The summed E-state index contributed by atoms with van der Waals surface area (Å²) in [6.45, 7) is -2.88. The van der Waals surface area contributed by atoms with Crippen LogP contribution in [0.4, 0.5) is 8.78 Å². The van der Waals surface area contributed by atoms with Crippen LogP contribution in [0.2, 0.25) is 10.0 Å². The van der Waals surface area contributed by atoms with Crippen molar-refractivity contribution in [1.82, 2.24) is 5.32 Å². The zero-order chi connectivity index (χ0) is 19.8. The maximum Gasteiger partial charge on any atom is 0.387 e. The average Bonchev–Trinajstić information content (AvgIpc) is 2.61. The van der Waals surface area contributed by atoms with Crippen LogP contribution in [0.5, 0.6) is 17.2 Å². The number of halogens is 4. The summed E-state index contributed by atoms with van der Waals surface area (Å²) in [5, 5.41) is 3.44. The number of amides is 1. The highest BCUT2D eigenvalue weighted by atomic mass is 35.5. The van der Waals surface area contributed by atoms with E-state index in [0.717, 1.165) is 0 Å². The van der Waals surface area contributed by atoms with Crippen LogP contribution >= 0.6 is 23.2 Å². The van der Waals surface area contributed by atoms with Gasteiger partial charge in [0.25, 0.3) is 5.91 Å². The Kier molecular flexibility index (Phi) is 7.94. The van der Waals surface area contributed by atoms with Crippen molar-refractivity contribution in [2.24, 2.45) is 0 Å². The van der Waals surface area contributed by atoms with Crippen molar-refractivity contribution < 1.29 is 27.8 Å². The zero-order valence-electron chi connectivity index (χ0n) is 14.3. The quantitative estimate of drug-likeness (QED) is 0.656. The molecule has 0 heterocycles. The second-order valence-corrected chi connectivity index (χ2v) is 6.17. The molecule has 2 aromatic carbocycles. The van der Waals surface area contributed by atoms with Crippen LogP contribution < -0.4 is 19.5 Å². The number of hydrogen-bond acceptors (Lipinski definition) is 4. The molecule has 0 radical (unpaired) electrons. The largest absolute Gasteiger partial charge is 0.493 e. The number of hydrogen-bond donors (Lipinski definition) is 1. The number of rotatable bonds is 9. The van der Waals surface area contributed by atoms with E-state index in [-0.39, 0.29) is 30.6 Å². The molecule has 0 spiro atoms. The van der Waals surface area contributed by atoms with Gasteiger partial charge < -0.3 is 19.5 Å². The van der Waals surface area contributed by atoms with Gasteiger partial charge in [-0.1, -0.05) is 29.3 Å². The highest BCUT2D eigenvalue weighted by Gasteiger charge is 2.12. The van der Waals surface area contributed by atoms with Crippen LogP contribution in [0.1, 0.15) is 5.56 Å². The fourth-order valence-corrected chi connectivity index (χ4v) is 2.66. The third-order valence-corrected chi connectivity index (χ3v) is 3.96. The second-order valence-electron chi connectivity index (χ2n) is 5.33. The van der Waals surface area contributed by atoms with Crippen molar-refractivity contribution in [3.8, 4) is 17.2 Å². The van der Waals surface area contributed by atoms with Crippen LogP contribution in [0.25, 0.3) is 0 Å². The first kappa shape index (κ1) is 21.1. The third-order valence-electron chi connectivity index (χ3n) is 3.43. The predicted molar refractivity (Wildman–Crippen MR) is 98.3 cm³/mol. The molecular formula is C18H17Cl2F2NO4. The minimum Gasteiger partial charge on any atom is -0.493 e. The molecular weight excluding hydrogens is 403 g/mol. The number of methoxy groups -OCH3 is 1. The van der Waals surface area contributed by atoms with Gasteiger partial charge in [0.15, 0.2) is 18.1 Å². The van der Waals surface area contributed by atoms with Crippen LogP contribution in [-0.2, 0) is 11.2 Å². The van der Waals surface area contributed by atoms with Crippen LogP contribution in [0, 0.1) is 0 Å². The second kappa shape index (κ2) is 10.2. The van der Waals surface area contributed by atoms with Gasteiger partial charge in [0.1, 0.15) is 5.75 Å². The van der Waals surface area contributed by atoms with E-state index in [1.165, 1.54) is 25.3 Å². The monoisotopic (exact) mass is 419 g/mol. The summed E-state index contributed by atoms with van der Waals surface area (Å²) >= 11 is 11.7. The Morgan fingerprint density at radius 2 is 1.85 bits per heavy atom. The minimum absolute atomic E-state index is 0.0583. The molecule has 2 rings (SSSR count). The van der Waals surface area contributed by atoms with Crippen molar-refractivity contribution >= 4 is 29.1 Å². The van der Waals surface area contributed by atoms with Crippen molar-refractivity contribution in [3.63, 3.8) is 0 Å². The molecule has 0 aliphatic carbocycles. The molecule has 0 fully saturated rings. The fraction of sp³-hybridized carbons (Fsp3) is 0.278. The molecule has 0 aliphatic rings. The Labute approximate surface area is 165 Å². The van der Waals surface area contributed by atoms with Crippen LogP contribution in [0.15, 0.2) is 36.4 Å². The lowest BCUT2D eigenvalue weighted by atomic mass is 10.1. The Balaban J connectivity index is 1.82. The summed E-state index contributed by atoms with van der Waals surface area (Å²) in [7, 11) is 1.36. The van der Waals surface area contributed by atoms with Gasteiger partial charge in [-0.25, -0.2) is 0 Å². The number of nitrogens with one attached hydrogen (secondary N) is 1. The fourth-order valence-electron chi connectivity index (χ4n) is 2.20. The lowest BCUT2D eigenvalue weighted by Crippen LogP contribution is -2.30. The van der Waals surface area contributed by atoms with E-state index in [2.05, 4.69) is 10.1 Å². The van der Waals surface area contributed by atoms with Gasteiger partial charge in [0.2, 0.25) is 0 Å². The molecule has 9 heteroatoms. The molecule has 0 bridgehead atoms. The molecule has 0 aliphatic heterocycles. The van der Waals surface area contributed by atoms with Gasteiger partial charge in [-0.15, -0.1) is 0 Å². The third kappa shape index (κ3) is 6.77. The first-order valence-electron chi connectivity index (χ1n) is 7.85. The zero-order valence-corrected chi connectivity index (χ0v) is 15.8. The van der Waals surface area contributed by atoms with Gasteiger partial charge >= 0.3 is 6.61 Å². The predicted octanol–water partition coefficient (Wildman–Crippen LogP) is 4.34. The first-order chi connectivity index (χ1) is 12.9. The van der Waals surface area contributed by atoms with Crippen LogP contribution in [-0.4, -0.2) is 32.8 Å². The molecule has 1 amide bonds. The Hall–Kier alpha value is -2.25. The van der Waals surface area contributed by atoms with E-state index >= 15 is 0 Å². The summed E-state index contributed by atoms with van der Waals surface area (Å²) in [5.41, 5.74) is 0.702. The van der Waals surface area contributed by atoms with Gasteiger partial charge in [-0.2, -0.15) is 8.78 Å². The van der Waals surface area contributed by atoms with Gasteiger partial charge in [-0.05, 0) is 42.3 Å². The highest BCUT2D eigenvalue weighted by molar-refractivity contribution is 6.35. The number of ether oxygens (including phenoxy) is 3. The molecule has 0 saturated heterocycles. The lowest BCUT2D eigenvalue weighted by molar-refractivity contribution is -0.123. The summed E-state index contributed by atoms with van der Waals surface area (Å²) in [4.78, 5) is 11.8. The highest BCUT2D eigenvalue weighted by Crippen LogP contribution is 2.29. The minimum atomic E-state index is -2.95. The molecule has 0 saturated carbocycles. The topological polar surface area (TPSA) is 56.8 Å². The lowest BCUT2D eigenvalue weighted by Gasteiger charge is -2.12. The Bertz CT molecular complexity index is 790. The van der Waals surface area contributed by atoms with Gasteiger partial charge in [0.05, 0.1) is 12.1 Å². The van der Waals surface area contributed by atoms with Gasteiger partial charge in [0, 0.05) is 11.6 Å². The Morgan fingerprint density at radius 3 is 2.52 bits per heavy atom. The average molecular weight is 420 g/mol. The van der Waals surface area contributed by atoms with E-state index in [4.69, 9.17) is 32.7 Å². The summed E-state index contributed by atoms with van der Waals surface area (Å²) < 4.78 is 39.6. The molecule has 146 valence electrons. The van der Waals surface area contributed by atoms with Gasteiger partial charge in [-0.3, -0.25) is 4.79 Å². The van der Waals surface area contributed by atoms with Crippen molar-refractivity contribution in [2.45, 2.75) is 13.0 Å². The van der Waals surface area contributed by atoms with E-state index in [1.807, 2.05) is 0 Å². The molecule has 0 atom stereocenters. The van der Waals surface area contributed by atoms with E-state index in [9.17, 15) is 13.6 Å². The molecule has 27 heavy (non-hydrogen) atoms. The number of benzene rings is 2. The van der Waals surface area contributed by atoms with E-state index < -0.39 is 6.61 Å². The normalized spacial score (nSPS) is 10.6. The maximum absolute atomic E-state index is 12.4. The summed E-state index contributed by atoms with van der Waals surface area (Å²) in [5.74, 6) is 0.145. The summed E-state index contributed by atoms with van der Waals surface area (Å²) in [6.07, 6.45) is 0.414. The SMILES string of the molecule is COc1ccc(CCNC(=O)COc2ccc(Cl)cc2Cl)cc1OC(F)F. The van der Waals surface area contributed by atoms with Crippen molar-refractivity contribution in [2.75, 3.05) is 20.3 Å². The number of carbonyl (C=O) groups excluding carboxylic acids is 1. The first-order valence-corrected chi connectivity index (χ1v) is 8.61. The Morgan fingerprint density at radius 1 is 1.11 bits per heavy atom. The number of alkyl halides is 2. The molecule has 0 aromatic heterocycles. The van der Waals surface area contributed by atoms with Crippen molar-refractivity contribution in [3.05, 3.63) is 52.0 Å². The van der Waals surface area contributed by atoms with Crippen LogP contribution in [0.3, 0.4) is 0 Å². The molecule has 0 unspecified atom stereocenters. The molecule has 5 nitrogen and oxygen atoms in total. The smallest absolute Gasteiger partial charge is 0.387 e. The summed E-state index contributed by atoms with van der Waals surface area (Å²) in [6, 6.07) is 9.36. The maximum atomic E-state index is 12.4.